The number of hydrogen-bond donors (Lipinski definition) is 1. The van der Waals surface area contributed by atoms with Crippen molar-refractivity contribution in [2.24, 2.45) is 0 Å². The molecule has 0 aromatic carbocycles. The van der Waals surface area contributed by atoms with Gasteiger partial charge < -0.3 is 14.6 Å². The van der Waals surface area contributed by atoms with Crippen molar-refractivity contribution in [1.82, 2.24) is 0 Å². The van der Waals surface area contributed by atoms with Crippen LogP contribution in [0.3, 0.4) is 0 Å². The van der Waals surface area contributed by atoms with E-state index in [-0.39, 0.29) is 19.2 Å². The molecular formula is C58H104O4. The fraction of sp³-hybridized carbons (Fsp3) is 0.776. The van der Waals surface area contributed by atoms with Gasteiger partial charge in [0, 0.05) is 13.0 Å². The summed E-state index contributed by atoms with van der Waals surface area (Å²) in [4.78, 5) is 12.3. The van der Waals surface area contributed by atoms with Crippen molar-refractivity contribution in [3.05, 3.63) is 72.9 Å². The predicted molar refractivity (Wildman–Crippen MR) is 274 cm³/mol. The van der Waals surface area contributed by atoms with Gasteiger partial charge in [-0.1, -0.05) is 267 Å². The van der Waals surface area contributed by atoms with Crippen molar-refractivity contribution in [2.45, 2.75) is 270 Å². The topological polar surface area (TPSA) is 55.8 Å². The average molecular weight is 865 g/mol. The molecule has 0 aliphatic carbocycles. The maximum atomic E-state index is 12.3. The van der Waals surface area contributed by atoms with Crippen molar-refractivity contribution >= 4 is 5.97 Å². The lowest BCUT2D eigenvalue weighted by atomic mass is 10.0. The van der Waals surface area contributed by atoms with Gasteiger partial charge >= 0.3 is 5.97 Å². The summed E-state index contributed by atoms with van der Waals surface area (Å²) in [7, 11) is 0. The number of unbranched alkanes of at least 4 members (excludes halogenated alkanes) is 30. The van der Waals surface area contributed by atoms with Crippen LogP contribution < -0.4 is 0 Å². The zero-order valence-corrected chi connectivity index (χ0v) is 41.4. The van der Waals surface area contributed by atoms with Crippen LogP contribution in [0.4, 0.5) is 0 Å². The second kappa shape index (κ2) is 55.0. The Labute approximate surface area is 387 Å². The Balaban J connectivity index is 3.43. The summed E-state index contributed by atoms with van der Waals surface area (Å²) in [5.41, 5.74) is 0. The van der Waals surface area contributed by atoms with E-state index in [4.69, 9.17) is 9.47 Å². The quantitative estimate of drug-likeness (QED) is 0.0376. The molecule has 0 heterocycles. The standard InChI is InChI=1S/C58H104O4/c1-3-5-7-9-11-13-15-17-19-21-23-25-27-29-30-32-34-36-38-40-42-44-46-48-50-52-54-61-56-57(55-59)62-58(60)53-51-49-47-45-43-41-39-37-35-33-31-28-26-24-22-20-18-16-14-12-10-8-6-4-2/h5,7,11,13,17,19,23,25,29-30,34,36,57,59H,3-4,6,8-10,12,14-16,18,20-22,24,26-28,31-33,35,37-56H2,1-2H3/b7-5-,13-11-,19-17-,25-23-,30-29-,36-34-. The van der Waals surface area contributed by atoms with Crippen molar-refractivity contribution in [3.8, 4) is 0 Å². The molecule has 0 spiro atoms. The Morgan fingerprint density at radius 1 is 0.403 bits per heavy atom. The normalized spacial score (nSPS) is 12.9. The summed E-state index contributed by atoms with van der Waals surface area (Å²) in [6.07, 6.45) is 75.8. The molecule has 1 atom stereocenters. The predicted octanol–water partition coefficient (Wildman–Crippen LogP) is 18.5. The van der Waals surface area contributed by atoms with E-state index >= 15 is 0 Å². The van der Waals surface area contributed by atoms with Crippen LogP contribution in [0, 0.1) is 0 Å². The summed E-state index contributed by atoms with van der Waals surface area (Å²) < 4.78 is 11.2. The van der Waals surface area contributed by atoms with E-state index in [9.17, 15) is 9.90 Å². The van der Waals surface area contributed by atoms with E-state index in [1.807, 2.05) is 0 Å². The Bertz CT molecular complexity index is 1050. The minimum Gasteiger partial charge on any atom is -0.457 e. The summed E-state index contributed by atoms with van der Waals surface area (Å²) >= 11 is 0. The zero-order valence-electron chi connectivity index (χ0n) is 41.4. The minimum absolute atomic E-state index is 0.177. The van der Waals surface area contributed by atoms with Crippen LogP contribution in [0.5, 0.6) is 0 Å². The fourth-order valence-electron chi connectivity index (χ4n) is 7.81. The number of aliphatic hydroxyl groups is 1. The van der Waals surface area contributed by atoms with Gasteiger partial charge in [0.15, 0.2) is 0 Å². The first-order chi connectivity index (χ1) is 30.7. The fourth-order valence-corrected chi connectivity index (χ4v) is 7.81. The molecule has 1 N–H and O–H groups in total. The third kappa shape index (κ3) is 52.2. The smallest absolute Gasteiger partial charge is 0.306 e. The highest BCUT2D eigenvalue weighted by Crippen LogP contribution is 2.16. The van der Waals surface area contributed by atoms with Crippen LogP contribution in [0.1, 0.15) is 264 Å². The van der Waals surface area contributed by atoms with E-state index < -0.39 is 6.10 Å². The third-order valence-corrected chi connectivity index (χ3v) is 11.8. The summed E-state index contributed by atoms with van der Waals surface area (Å²) in [5, 5.41) is 9.67. The van der Waals surface area contributed by atoms with Gasteiger partial charge in [0.25, 0.3) is 0 Å². The van der Waals surface area contributed by atoms with E-state index in [2.05, 4.69) is 86.8 Å². The summed E-state index contributed by atoms with van der Waals surface area (Å²) in [6.45, 7) is 5.24. The molecule has 4 heteroatoms. The number of hydrogen-bond acceptors (Lipinski definition) is 4. The largest absolute Gasteiger partial charge is 0.457 e. The molecule has 0 saturated heterocycles. The van der Waals surface area contributed by atoms with Crippen LogP contribution in [-0.4, -0.2) is 37.0 Å². The third-order valence-electron chi connectivity index (χ3n) is 11.8. The van der Waals surface area contributed by atoms with Gasteiger partial charge in [0.1, 0.15) is 6.10 Å². The zero-order chi connectivity index (χ0) is 44.8. The van der Waals surface area contributed by atoms with Crippen LogP contribution in [0.25, 0.3) is 0 Å². The molecule has 0 aliphatic rings. The maximum Gasteiger partial charge on any atom is 0.306 e. The van der Waals surface area contributed by atoms with Crippen LogP contribution in [0.2, 0.25) is 0 Å². The van der Waals surface area contributed by atoms with Gasteiger partial charge in [-0.3, -0.25) is 4.79 Å². The number of esters is 1. The first-order valence-electron chi connectivity index (χ1n) is 27.0. The maximum absolute atomic E-state index is 12.3. The van der Waals surface area contributed by atoms with Crippen LogP contribution in [-0.2, 0) is 14.3 Å². The lowest BCUT2D eigenvalue weighted by Gasteiger charge is -2.16. The molecule has 0 fully saturated rings. The van der Waals surface area contributed by atoms with Crippen molar-refractivity contribution < 1.29 is 19.4 Å². The van der Waals surface area contributed by atoms with E-state index in [1.165, 1.54) is 180 Å². The molecule has 0 radical (unpaired) electrons. The average Bonchev–Trinajstić information content (AvgIpc) is 3.28. The molecule has 62 heavy (non-hydrogen) atoms. The molecule has 0 bridgehead atoms. The second-order valence-electron chi connectivity index (χ2n) is 17.9. The molecule has 0 rings (SSSR count). The SMILES string of the molecule is CC/C=C\C/C=C\C/C=C\C/C=C\C/C=C\C/C=C\CCCCCCCCCOCC(CO)OC(=O)CCCCCCCCCCCCCCCCCCCCCCCCCC. The van der Waals surface area contributed by atoms with Gasteiger partial charge in [-0.15, -0.1) is 0 Å². The van der Waals surface area contributed by atoms with Crippen LogP contribution >= 0.6 is 0 Å². The molecule has 1 unspecified atom stereocenters. The number of aliphatic hydroxyl groups excluding tert-OH is 1. The Kier molecular flexibility index (Phi) is 53.0. The monoisotopic (exact) mass is 865 g/mol. The van der Waals surface area contributed by atoms with E-state index in [0.29, 0.717) is 13.0 Å². The number of carbonyl (C=O) groups is 1. The molecule has 0 aromatic rings. The first kappa shape index (κ1) is 59.8. The number of rotatable bonds is 50. The lowest BCUT2D eigenvalue weighted by molar-refractivity contribution is -0.154. The first-order valence-corrected chi connectivity index (χ1v) is 27.0. The number of allylic oxidation sites excluding steroid dienone is 12. The van der Waals surface area contributed by atoms with Gasteiger partial charge in [0.2, 0.25) is 0 Å². The highest BCUT2D eigenvalue weighted by Gasteiger charge is 2.13. The minimum atomic E-state index is -0.543. The van der Waals surface area contributed by atoms with Crippen molar-refractivity contribution in [3.63, 3.8) is 0 Å². The summed E-state index contributed by atoms with van der Waals surface area (Å²) in [6, 6.07) is 0. The van der Waals surface area contributed by atoms with Crippen molar-refractivity contribution in [1.29, 1.82) is 0 Å². The molecule has 4 nitrogen and oxygen atoms in total. The molecule has 0 aliphatic heterocycles. The molecular weight excluding hydrogens is 761 g/mol. The van der Waals surface area contributed by atoms with Gasteiger partial charge in [-0.2, -0.15) is 0 Å². The van der Waals surface area contributed by atoms with Gasteiger partial charge in [-0.25, -0.2) is 0 Å². The molecule has 0 saturated carbocycles. The Morgan fingerprint density at radius 3 is 1.10 bits per heavy atom. The highest BCUT2D eigenvalue weighted by molar-refractivity contribution is 5.69. The number of ether oxygens (including phenoxy) is 2. The van der Waals surface area contributed by atoms with Gasteiger partial charge in [0.05, 0.1) is 13.2 Å². The molecule has 360 valence electrons. The van der Waals surface area contributed by atoms with Gasteiger partial charge in [-0.05, 0) is 64.2 Å². The second-order valence-corrected chi connectivity index (χ2v) is 17.9. The summed E-state index contributed by atoms with van der Waals surface area (Å²) in [5.74, 6) is -0.202. The molecule has 0 aromatic heterocycles. The van der Waals surface area contributed by atoms with E-state index in [1.54, 1.807) is 0 Å². The Morgan fingerprint density at radius 2 is 0.726 bits per heavy atom. The van der Waals surface area contributed by atoms with Crippen molar-refractivity contribution in [2.75, 3.05) is 19.8 Å². The number of carbonyl (C=O) groups excluding carboxylic acids is 1. The molecule has 0 amide bonds. The lowest BCUT2D eigenvalue weighted by Crippen LogP contribution is -2.27. The van der Waals surface area contributed by atoms with E-state index in [0.717, 1.165) is 64.2 Å². The Hall–Kier alpha value is -2.17. The van der Waals surface area contributed by atoms with Crippen LogP contribution in [0.15, 0.2) is 72.9 Å². The highest BCUT2D eigenvalue weighted by atomic mass is 16.6.